The van der Waals surface area contributed by atoms with E-state index in [0.29, 0.717) is 5.88 Å². The number of methoxy groups -OCH3 is 1. The fourth-order valence-corrected chi connectivity index (χ4v) is 2.26. The zero-order chi connectivity index (χ0) is 14.7. The maximum Gasteiger partial charge on any atom is 0.212 e. The molecule has 3 aromatic rings. The normalized spacial score (nSPS) is 10.6. The first-order chi connectivity index (χ1) is 10.3. The van der Waals surface area contributed by atoms with E-state index < -0.39 is 0 Å². The summed E-state index contributed by atoms with van der Waals surface area (Å²) in [5.74, 6) is 1.39. The first-order valence-electron chi connectivity index (χ1n) is 6.83. The summed E-state index contributed by atoms with van der Waals surface area (Å²) in [7, 11) is 1.60. The number of pyridine rings is 1. The second-order valence-corrected chi connectivity index (χ2v) is 4.56. The quantitative estimate of drug-likeness (QED) is 0.795. The highest BCUT2D eigenvalue weighted by molar-refractivity contribution is 5.99. The topological polar surface area (TPSA) is 59.9 Å². The molecule has 0 atom stereocenters. The van der Waals surface area contributed by atoms with Crippen molar-refractivity contribution in [2.75, 3.05) is 19.0 Å². The van der Waals surface area contributed by atoms with Crippen LogP contribution in [0.1, 0.15) is 6.92 Å². The Balaban J connectivity index is 2.16. The molecule has 21 heavy (non-hydrogen) atoms. The van der Waals surface area contributed by atoms with E-state index in [1.807, 2.05) is 43.3 Å². The van der Waals surface area contributed by atoms with Crippen LogP contribution in [0.2, 0.25) is 0 Å². The molecule has 3 rings (SSSR count). The van der Waals surface area contributed by atoms with Gasteiger partial charge in [-0.1, -0.05) is 24.3 Å². The number of hydrogen-bond acceptors (Lipinski definition) is 5. The number of hydrogen-bond donors (Lipinski definition) is 1. The smallest absolute Gasteiger partial charge is 0.212 e. The molecule has 0 radical (unpaired) electrons. The first kappa shape index (κ1) is 13.3. The molecule has 0 aliphatic heterocycles. The summed E-state index contributed by atoms with van der Waals surface area (Å²) in [6, 6.07) is 11.9. The second-order valence-electron chi connectivity index (χ2n) is 4.56. The van der Waals surface area contributed by atoms with E-state index in [1.54, 1.807) is 13.3 Å². The fourth-order valence-electron chi connectivity index (χ4n) is 2.26. The minimum atomic E-state index is 0.584. The number of fused-ring (bicyclic) bond motifs is 1. The average molecular weight is 280 g/mol. The number of benzene rings is 1. The molecular formula is C16H16N4O. The molecule has 0 unspecified atom stereocenters. The summed E-state index contributed by atoms with van der Waals surface area (Å²) in [4.78, 5) is 4.23. The van der Waals surface area contributed by atoms with Crippen molar-refractivity contribution in [1.82, 2.24) is 15.2 Å². The van der Waals surface area contributed by atoms with Crippen LogP contribution >= 0.6 is 0 Å². The molecule has 0 bridgehead atoms. The first-order valence-corrected chi connectivity index (χ1v) is 6.83. The SMILES string of the molecule is CCNc1nnc(-c2ccc(OC)nc2)c2ccccc12. The van der Waals surface area contributed by atoms with Crippen molar-refractivity contribution in [2.45, 2.75) is 6.92 Å². The Hall–Kier alpha value is -2.69. The van der Waals surface area contributed by atoms with Gasteiger partial charge in [0.2, 0.25) is 5.88 Å². The lowest BCUT2D eigenvalue weighted by molar-refractivity contribution is 0.398. The zero-order valence-electron chi connectivity index (χ0n) is 12.0. The van der Waals surface area contributed by atoms with Gasteiger partial charge in [0.1, 0.15) is 5.69 Å². The Kier molecular flexibility index (Phi) is 3.64. The number of anilines is 1. The lowest BCUT2D eigenvalue weighted by atomic mass is 10.1. The third kappa shape index (κ3) is 2.50. The second kappa shape index (κ2) is 5.75. The van der Waals surface area contributed by atoms with E-state index in [2.05, 4.69) is 20.5 Å². The van der Waals surface area contributed by atoms with Gasteiger partial charge in [-0.2, -0.15) is 0 Å². The van der Waals surface area contributed by atoms with Crippen molar-refractivity contribution in [3.8, 4) is 17.1 Å². The number of nitrogens with zero attached hydrogens (tertiary/aromatic N) is 3. The lowest BCUT2D eigenvalue weighted by Gasteiger charge is -2.10. The van der Waals surface area contributed by atoms with Gasteiger partial charge in [-0.25, -0.2) is 4.98 Å². The van der Waals surface area contributed by atoms with Crippen LogP contribution in [-0.4, -0.2) is 28.8 Å². The predicted octanol–water partition coefficient (Wildman–Crippen LogP) is 3.13. The highest BCUT2D eigenvalue weighted by Crippen LogP contribution is 2.29. The molecule has 0 aliphatic rings. The Labute approximate surface area is 123 Å². The summed E-state index contributed by atoms with van der Waals surface area (Å²) >= 11 is 0. The fraction of sp³-hybridized carbons (Fsp3) is 0.188. The van der Waals surface area contributed by atoms with Gasteiger partial charge >= 0.3 is 0 Å². The van der Waals surface area contributed by atoms with E-state index in [9.17, 15) is 0 Å². The van der Waals surface area contributed by atoms with Gasteiger partial charge in [-0.3, -0.25) is 0 Å². The average Bonchev–Trinajstić information content (AvgIpc) is 2.56. The maximum atomic E-state index is 5.09. The van der Waals surface area contributed by atoms with Gasteiger partial charge in [-0.05, 0) is 13.0 Å². The van der Waals surface area contributed by atoms with Crippen molar-refractivity contribution < 1.29 is 4.74 Å². The molecule has 5 nitrogen and oxygen atoms in total. The van der Waals surface area contributed by atoms with Crippen molar-refractivity contribution in [2.24, 2.45) is 0 Å². The predicted molar refractivity (Wildman–Crippen MR) is 83.5 cm³/mol. The van der Waals surface area contributed by atoms with Gasteiger partial charge in [0.25, 0.3) is 0 Å². The summed E-state index contributed by atoms with van der Waals surface area (Å²) in [5.41, 5.74) is 1.74. The van der Waals surface area contributed by atoms with Crippen molar-refractivity contribution in [1.29, 1.82) is 0 Å². The monoisotopic (exact) mass is 280 g/mol. The number of nitrogens with one attached hydrogen (secondary N) is 1. The molecule has 0 saturated carbocycles. The van der Waals surface area contributed by atoms with E-state index in [0.717, 1.165) is 34.4 Å². The van der Waals surface area contributed by atoms with E-state index >= 15 is 0 Å². The van der Waals surface area contributed by atoms with Crippen LogP contribution in [0.5, 0.6) is 5.88 Å². The molecule has 2 aromatic heterocycles. The lowest BCUT2D eigenvalue weighted by Crippen LogP contribution is -2.02. The maximum absolute atomic E-state index is 5.09. The number of aromatic nitrogens is 3. The number of ether oxygens (including phenoxy) is 1. The van der Waals surface area contributed by atoms with E-state index in [4.69, 9.17) is 4.74 Å². The third-order valence-electron chi connectivity index (χ3n) is 3.25. The van der Waals surface area contributed by atoms with Gasteiger partial charge in [-0.15, -0.1) is 10.2 Å². The van der Waals surface area contributed by atoms with Crippen molar-refractivity contribution in [3.05, 3.63) is 42.6 Å². The van der Waals surface area contributed by atoms with Gasteiger partial charge < -0.3 is 10.1 Å². The van der Waals surface area contributed by atoms with Crippen LogP contribution in [0.15, 0.2) is 42.6 Å². The summed E-state index contributed by atoms with van der Waals surface area (Å²) in [5, 5.41) is 14.0. The Bertz CT molecular complexity index is 756. The van der Waals surface area contributed by atoms with Crippen LogP contribution < -0.4 is 10.1 Å². The van der Waals surface area contributed by atoms with Crippen LogP contribution in [0.3, 0.4) is 0 Å². The molecule has 106 valence electrons. The van der Waals surface area contributed by atoms with Crippen LogP contribution in [0, 0.1) is 0 Å². The molecule has 0 saturated heterocycles. The molecule has 0 amide bonds. The minimum absolute atomic E-state index is 0.584. The standard InChI is InChI=1S/C16H16N4O/c1-3-17-16-13-7-5-4-6-12(13)15(19-20-16)11-8-9-14(21-2)18-10-11/h4-10H,3H2,1-2H3,(H,17,20). The molecule has 0 spiro atoms. The van der Waals surface area contributed by atoms with E-state index in [-0.39, 0.29) is 0 Å². The van der Waals surface area contributed by atoms with Gasteiger partial charge in [0.05, 0.1) is 7.11 Å². The molecule has 1 aromatic carbocycles. The highest BCUT2D eigenvalue weighted by atomic mass is 16.5. The molecule has 0 aliphatic carbocycles. The number of rotatable bonds is 4. The largest absolute Gasteiger partial charge is 0.481 e. The van der Waals surface area contributed by atoms with Crippen LogP contribution in [0.4, 0.5) is 5.82 Å². The van der Waals surface area contributed by atoms with E-state index in [1.165, 1.54) is 0 Å². The van der Waals surface area contributed by atoms with Gasteiger partial charge in [0, 0.05) is 35.1 Å². The molecule has 1 N–H and O–H groups in total. The van der Waals surface area contributed by atoms with Crippen molar-refractivity contribution >= 4 is 16.6 Å². The molecule has 5 heteroatoms. The Morgan fingerprint density at radius 1 is 1.05 bits per heavy atom. The highest BCUT2D eigenvalue weighted by Gasteiger charge is 2.10. The summed E-state index contributed by atoms with van der Waals surface area (Å²) in [6.45, 7) is 2.85. The van der Waals surface area contributed by atoms with Gasteiger partial charge in [0.15, 0.2) is 5.82 Å². The third-order valence-corrected chi connectivity index (χ3v) is 3.25. The summed E-state index contributed by atoms with van der Waals surface area (Å²) in [6.07, 6.45) is 1.75. The Morgan fingerprint density at radius 2 is 1.86 bits per heavy atom. The molecule has 0 fully saturated rings. The molecule has 2 heterocycles. The zero-order valence-corrected chi connectivity index (χ0v) is 12.0. The Morgan fingerprint density at radius 3 is 2.52 bits per heavy atom. The van der Waals surface area contributed by atoms with Crippen molar-refractivity contribution in [3.63, 3.8) is 0 Å². The van der Waals surface area contributed by atoms with Crippen LogP contribution in [0.25, 0.3) is 22.0 Å². The summed E-state index contributed by atoms with van der Waals surface area (Å²) < 4.78 is 5.09. The molecular weight excluding hydrogens is 264 g/mol. The van der Waals surface area contributed by atoms with Crippen LogP contribution in [-0.2, 0) is 0 Å². The minimum Gasteiger partial charge on any atom is -0.481 e.